The number of carbonyl (C=O) groups excluding carboxylic acids is 1. The Morgan fingerprint density at radius 2 is 1.94 bits per heavy atom. The molecule has 3 aromatic heterocycles. The van der Waals surface area contributed by atoms with E-state index in [0.717, 1.165) is 46.9 Å². The molecule has 0 spiro atoms. The minimum atomic E-state index is -0.430. The summed E-state index contributed by atoms with van der Waals surface area (Å²) in [4.78, 5) is 25.2. The molecule has 31 heavy (non-hydrogen) atoms. The third-order valence-electron chi connectivity index (χ3n) is 5.13. The average molecular weight is 453 g/mol. The Labute approximate surface area is 189 Å². The summed E-state index contributed by atoms with van der Waals surface area (Å²) in [5.74, 6) is 0.888. The SMILES string of the molecule is CCCCc1c(C)nc2nc(SCc3csc(-c4ccc(C(N)=O)cc4)n3)nn2c1C. The molecule has 1 amide bonds. The summed E-state index contributed by atoms with van der Waals surface area (Å²) in [6, 6.07) is 7.18. The first kappa shape index (κ1) is 21.5. The van der Waals surface area contributed by atoms with Gasteiger partial charge in [0.2, 0.25) is 11.1 Å². The molecular weight excluding hydrogens is 428 g/mol. The first-order chi connectivity index (χ1) is 15.0. The molecule has 3 heterocycles. The smallest absolute Gasteiger partial charge is 0.253 e. The fourth-order valence-electron chi connectivity index (χ4n) is 3.39. The van der Waals surface area contributed by atoms with Gasteiger partial charge in [0.15, 0.2) is 0 Å². The molecule has 0 fully saturated rings. The van der Waals surface area contributed by atoms with Gasteiger partial charge in [-0.25, -0.2) is 14.5 Å². The number of thioether (sulfide) groups is 1. The Bertz CT molecular complexity index is 1230. The zero-order chi connectivity index (χ0) is 22.0. The van der Waals surface area contributed by atoms with E-state index in [0.29, 0.717) is 22.3 Å². The largest absolute Gasteiger partial charge is 0.366 e. The first-order valence-electron chi connectivity index (χ1n) is 10.2. The van der Waals surface area contributed by atoms with Crippen molar-refractivity contribution >= 4 is 34.8 Å². The van der Waals surface area contributed by atoms with E-state index in [2.05, 4.69) is 28.9 Å². The van der Waals surface area contributed by atoms with E-state index in [9.17, 15) is 4.79 Å². The van der Waals surface area contributed by atoms with Crippen LogP contribution in [0.5, 0.6) is 0 Å². The Kier molecular flexibility index (Phi) is 6.33. The van der Waals surface area contributed by atoms with Gasteiger partial charge in [0.1, 0.15) is 5.01 Å². The molecular formula is C22H24N6OS2. The van der Waals surface area contributed by atoms with Crippen LogP contribution >= 0.6 is 23.1 Å². The molecule has 4 aromatic rings. The molecule has 0 bridgehead atoms. The van der Waals surface area contributed by atoms with Crippen LogP contribution in [-0.2, 0) is 12.2 Å². The van der Waals surface area contributed by atoms with Crippen molar-refractivity contribution in [3.63, 3.8) is 0 Å². The number of amides is 1. The minimum Gasteiger partial charge on any atom is -0.366 e. The number of primary amides is 1. The van der Waals surface area contributed by atoms with Crippen LogP contribution in [-0.4, -0.2) is 30.5 Å². The number of fused-ring (bicyclic) bond motifs is 1. The molecule has 0 saturated carbocycles. The van der Waals surface area contributed by atoms with E-state index in [1.807, 2.05) is 29.0 Å². The number of hydrogen-bond acceptors (Lipinski definition) is 7. The van der Waals surface area contributed by atoms with Gasteiger partial charge in [0, 0.05) is 33.6 Å². The number of aromatic nitrogens is 5. The number of thiazole rings is 1. The summed E-state index contributed by atoms with van der Waals surface area (Å²) in [6.07, 6.45) is 3.31. The second-order valence-corrected chi connectivity index (χ2v) is 9.15. The van der Waals surface area contributed by atoms with Crippen LogP contribution < -0.4 is 5.73 Å². The zero-order valence-corrected chi connectivity index (χ0v) is 19.4. The maximum absolute atomic E-state index is 11.2. The molecule has 1 aromatic carbocycles. The highest BCUT2D eigenvalue weighted by Gasteiger charge is 2.14. The first-order valence-corrected chi connectivity index (χ1v) is 12.0. The minimum absolute atomic E-state index is 0.430. The lowest BCUT2D eigenvalue weighted by Gasteiger charge is -2.09. The summed E-state index contributed by atoms with van der Waals surface area (Å²) in [7, 11) is 0. The van der Waals surface area contributed by atoms with Gasteiger partial charge >= 0.3 is 0 Å². The summed E-state index contributed by atoms with van der Waals surface area (Å²) in [5, 5.41) is 8.31. The molecule has 0 atom stereocenters. The third-order valence-corrected chi connectivity index (χ3v) is 6.94. The van der Waals surface area contributed by atoms with Gasteiger partial charge in [-0.05, 0) is 44.4 Å². The molecule has 0 radical (unpaired) electrons. The summed E-state index contributed by atoms with van der Waals surface area (Å²) in [6.45, 7) is 6.33. The Hall–Kier alpha value is -2.78. The second kappa shape index (κ2) is 9.15. The Morgan fingerprint density at radius 3 is 2.65 bits per heavy atom. The number of rotatable bonds is 8. The van der Waals surface area contributed by atoms with Crippen molar-refractivity contribution in [1.29, 1.82) is 0 Å². The topological polar surface area (TPSA) is 99.1 Å². The normalized spacial score (nSPS) is 11.3. The molecule has 4 rings (SSSR count). The number of nitrogens with zero attached hydrogens (tertiary/aromatic N) is 5. The lowest BCUT2D eigenvalue weighted by atomic mass is 10.1. The standard InChI is InChI=1S/C22H24N6OS2/c1-4-5-6-18-13(2)24-21-26-22(27-28(21)14(18)3)31-12-17-11-30-20(25-17)16-9-7-15(8-10-16)19(23)29/h7-11H,4-6,12H2,1-3H3,(H2,23,29). The van der Waals surface area contributed by atoms with Crippen molar-refractivity contribution in [3.05, 3.63) is 57.9 Å². The maximum atomic E-state index is 11.2. The monoisotopic (exact) mass is 452 g/mol. The maximum Gasteiger partial charge on any atom is 0.253 e. The lowest BCUT2D eigenvalue weighted by molar-refractivity contribution is 0.100. The Balaban J connectivity index is 1.48. The summed E-state index contributed by atoms with van der Waals surface area (Å²) in [5.41, 5.74) is 11.1. The van der Waals surface area contributed by atoms with E-state index in [4.69, 9.17) is 10.7 Å². The van der Waals surface area contributed by atoms with Crippen molar-refractivity contribution in [1.82, 2.24) is 24.6 Å². The summed E-state index contributed by atoms with van der Waals surface area (Å²) >= 11 is 3.12. The van der Waals surface area contributed by atoms with Crippen molar-refractivity contribution in [2.75, 3.05) is 0 Å². The van der Waals surface area contributed by atoms with Crippen LogP contribution in [0.3, 0.4) is 0 Å². The molecule has 2 N–H and O–H groups in total. The van der Waals surface area contributed by atoms with Crippen LogP contribution in [0.1, 0.15) is 52.8 Å². The molecule has 9 heteroatoms. The number of carbonyl (C=O) groups is 1. The highest BCUT2D eigenvalue weighted by Crippen LogP contribution is 2.28. The van der Waals surface area contributed by atoms with Crippen LogP contribution in [0.15, 0.2) is 34.8 Å². The number of hydrogen-bond donors (Lipinski definition) is 1. The van der Waals surface area contributed by atoms with Crippen LogP contribution in [0.25, 0.3) is 16.3 Å². The molecule has 0 unspecified atom stereocenters. The molecule has 0 saturated heterocycles. The predicted molar refractivity (Wildman–Crippen MR) is 124 cm³/mol. The number of nitrogens with two attached hydrogens (primary N) is 1. The third kappa shape index (κ3) is 4.62. The van der Waals surface area contributed by atoms with Gasteiger partial charge in [0.05, 0.1) is 5.69 Å². The van der Waals surface area contributed by atoms with Gasteiger partial charge in [-0.2, -0.15) is 4.98 Å². The number of unbranched alkanes of at least 4 members (excludes halogenated alkanes) is 1. The van der Waals surface area contributed by atoms with Gasteiger partial charge in [0.25, 0.3) is 5.78 Å². The molecule has 7 nitrogen and oxygen atoms in total. The predicted octanol–water partition coefficient (Wildman–Crippen LogP) is 4.60. The summed E-state index contributed by atoms with van der Waals surface area (Å²) < 4.78 is 1.85. The van der Waals surface area contributed by atoms with Crippen LogP contribution in [0.4, 0.5) is 0 Å². The lowest BCUT2D eigenvalue weighted by Crippen LogP contribution is -2.10. The second-order valence-electron chi connectivity index (χ2n) is 7.35. The zero-order valence-electron chi connectivity index (χ0n) is 17.8. The molecule has 0 aliphatic rings. The molecule has 160 valence electrons. The van der Waals surface area contributed by atoms with Crippen molar-refractivity contribution in [3.8, 4) is 10.6 Å². The molecule has 0 aliphatic carbocycles. The number of benzene rings is 1. The highest BCUT2D eigenvalue weighted by molar-refractivity contribution is 7.98. The van der Waals surface area contributed by atoms with Gasteiger partial charge in [-0.3, -0.25) is 4.79 Å². The van der Waals surface area contributed by atoms with Gasteiger partial charge in [-0.15, -0.1) is 16.4 Å². The fourth-order valence-corrected chi connectivity index (χ4v) is 5.03. The highest BCUT2D eigenvalue weighted by atomic mass is 32.2. The average Bonchev–Trinajstić information content (AvgIpc) is 3.39. The fraction of sp³-hybridized carbons (Fsp3) is 0.318. The van der Waals surface area contributed by atoms with Crippen molar-refractivity contribution in [2.24, 2.45) is 5.73 Å². The molecule has 0 aliphatic heterocycles. The number of aryl methyl sites for hydroxylation is 2. The van der Waals surface area contributed by atoms with Crippen molar-refractivity contribution in [2.45, 2.75) is 50.9 Å². The van der Waals surface area contributed by atoms with E-state index in [1.165, 1.54) is 5.56 Å². The van der Waals surface area contributed by atoms with Gasteiger partial charge in [-0.1, -0.05) is 37.2 Å². The van der Waals surface area contributed by atoms with Gasteiger partial charge < -0.3 is 5.73 Å². The van der Waals surface area contributed by atoms with E-state index >= 15 is 0 Å². The van der Waals surface area contributed by atoms with Crippen LogP contribution in [0, 0.1) is 13.8 Å². The van der Waals surface area contributed by atoms with E-state index < -0.39 is 5.91 Å². The van der Waals surface area contributed by atoms with Crippen LogP contribution in [0.2, 0.25) is 0 Å². The Morgan fingerprint density at radius 1 is 1.16 bits per heavy atom. The quantitative estimate of drug-likeness (QED) is 0.392. The van der Waals surface area contributed by atoms with Crippen molar-refractivity contribution < 1.29 is 4.79 Å². The van der Waals surface area contributed by atoms with E-state index in [1.54, 1.807) is 35.2 Å². The van der Waals surface area contributed by atoms with E-state index in [-0.39, 0.29) is 0 Å².